The lowest BCUT2D eigenvalue weighted by atomic mass is 9.64. The van der Waals surface area contributed by atoms with Crippen molar-refractivity contribution in [2.75, 3.05) is 45.5 Å². The molecule has 10 rings (SSSR count). The van der Waals surface area contributed by atoms with E-state index in [-0.39, 0.29) is 45.0 Å². The van der Waals surface area contributed by atoms with Crippen molar-refractivity contribution in [1.29, 1.82) is 0 Å². The van der Waals surface area contributed by atoms with Crippen LogP contribution in [-0.4, -0.2) is 90.5 Å². The van der Waals surface area contributed by atoms with Crippen molar-refractivity contribution in [3.05, 3.63) is 190 Å². The number of nitrogens with zero attached hydrogens (tertiary/aromatic N) is 3. The van der Waals surface area contributed by atoms with Crippen LogP contribution in [0.3, 0.4) is 0 Å². The van der Waals surface area contributed by atoms with Crippen molar-refractivity contribution in [3.8, 4) is 29.1 Å². The van der Waals surface area contributed by atoms with Gasteiger partial charge in [0.2, 0.25) is 11.8 Å². The highest BCUT2D eigenvalue weighted by atomic mass is 16.6. The van der Waals surface area contributed by atoms with Crippen LogP contribution < -0.4 is 24.4 Å². The number of nitrogens with one attached hydrogen (secondary N) is 1. The van der Waals surface area contributed by atoms with E-state index in [0.29, 0.717) is 45.9 Å². The van der Waals surface area contributed by atoms with Gasteiger partial charge in [-0.25, -0.2) is 9.69 Å². The number of amides is 4. The molecule has 2 fully saturated rings. The molecule has 6 aromatic carbocycles. The first-order valence-electron chi connectivity index (χ1n) is 24.5. The molecule has 1 spiro atoms. The van der Waals surface area contributed by atoms with E-state index in [0.717, 1.165) is 27.2 Å². The Kier molecular flexibility index (Phi) is 13.8. The summed E-state index contributed by atoms with van der Waals surface area (Å²) in [4.78, 5) is 69.2. The monoisotopic (exact) mass is 980 g/mol. The molecule has 0 aliphatic carbocycles. The number of hydrogen-bond donors (Lipinski definition) is 3. The van der Waals surface area contributed by atoms with E-state index in [1.165, 1.54) is 0 Å². The minimum absolute atomic E-state index is 0.0349. The third-order valence-corrected chi connectivity index (χ3v) is 14.6. The fraction of sp³-hybridized carbons (Fsp3) is 0.288. The van der Waals surface area contributed by atoms with Crippen LogP contribution in [0.15, 0.2) is 146 Å². The SMILES string of the molecule is COc1cc2c(cc1OC)CN(C(=O)[C@@H]1[C@H]3C(=O)O[C@H](c4ccccc4)[C@H](c4ccccc4)N3[C@H](c3ccc(OCCO)cc3)[C@@]13C(=O)N(C(=O)N[C@H](C)c1ccccc1)c1ccc(C#CCCO)cc13)CC2. The fourth-order valence-corrected chi connectivity index (χ4v) is 11.4. The summed E-state index contributed by atoms with van der Waals surface area (Å²) >= 11 is 0. The lowest BCUT2D eigenvalue weighted by Gasteiger charge is -2.46. The number of urea groups is 1. The Morgan fingerprint density at radius 3 is 2.10 bits per heavy atom. The van der Waals surface area contributed by atoms with Gasteiger partial charge in [-0.15, -0.1) is 0 Å². The lowest BCUT2D eigenvalue weighted by molar-refractivity contribution is -0.179. The Hall–Kier alpha value is -7.96. The van der Waals surface area contributed by atoms with E-state index < -0.39 is 65.4 Å². The summed E-state index contributed by atoms with van der Waals surface area (Å²) in [5.41, 5.74) is 3.59. The predicted molar refractivity (Wildman–Crippen MR) is 272 cm³/mol. The van der Waals surface area contributed by atoms with Gasteiger partial charge in [-0.3, -0.25) is 19.3 Å². The fourth-order valence-electron chi connectivity index (χ4n) is 11.4. The molecule has 7 atom stereocenters. The second-order valence-electron chi connectivity index (χ2n) is 18.6. The number of cyclic esters (lactones) is 1. The maximum absolute atomic E-state index is 16.9. The summed E-state index contributed by atoms with van der Waals surface area (Å²) < 4.78 is 23.9. The average molecular weight is 981 g/mol. The number of benzene rings is 6. The summed E-state index contributed by atoms with van der Waals surface area (Å²) in [5, 5.41) is 22.5. The molecule has 0 bridgehead atoms. The van der Waals surface area contributed by atoms with Crippen LogP contribution in [-0.2, 0) is 37.5 Å². The largest absolute Gasteiger partial charge is 0.493 e. The highest BCUT2D eigenvalue weighted by Crippen LogP contribution is 2.66. The summed E-state index contributed by atoms with van der Waals surface area (Å²) in [7, 11) is 3.12. The van der Waals surface area contributed by atoms with Gasteiger partial charge in [0.25, 0.3) is 0 Å². The molecule has 4 heterocycles. The smallest absolute Gasteiger partial charge is 0.329 e. The molecular weight excluding hydrogens is 925 g/mol. The standard InChI is InChI=1S/C59H56N4O10/c1-37(39-16-7-4-8-17-39)60-58(69)62-47-27-22-38(15-13-14-30-64)33-46(47)59(57(62)68)50(55(66)61-29-28-43-34-48(70-2)49(71-3)35-44(43)36-61)52-56(67)73-53(41-20-11-6-12-21-41)51(40-18-9-5-10-19-40)63(52)54(59)42-23-25-45(26-24-42)72-32-31-65/h4-12,16-27,33-35,37,50-54,64-65H,14,28-32,36H2,1-3H3,(H,60,69)/t37-,50+,51+,52+,53-,54-,59+/m1/s1. The summed E-state index contributed by atoms with van der Waals surface area (Å²) in [6.07, 6.45) is -0.312. The highest BCUT2D eigenvalue weighted by Gasteiger charge is 2.76. The number of carbonyl (C=O) groups is 4. The molecular formula is C59H56N4O10. The molecule has 0 saturated carbocycles. The second-order valence-corrected chi connectivity index (χ2v) is 18.6. The second kappa shape index (κ2) is 20.6. The molecule has 2 saturated heterocycles. The summed E-state index contributed by atoms with van der Waals surface area (Å²) in [6.45, 7) is 1.83. The molecule has 14 nitrogen and oxygen atoms in total. The third kappa shape index (κ3) is 8.63. The maximum Gasteiger partial charge on any atom is 0.329 e. The Morgan fingerprint density at radius 2 is 1.44 bits per heavy atom. The van der Waals surface area contributed by atoms with Gasteiger partial charge in [0, 0.05) is 25.1 Å². The quantitative estimate of drug-likeness (QED) is 0.0820. The van der Waals surface area contributed by atoms with E-state index in [2.05, 4.69) is 17.2 Å². The average Bonchev–Trinajstić information content (AvgIpc) is 3.89. The van der Waals surface area contributed by atoms with Gasteiger partial charge in [0.05, 0.1) is 57.2 Å². The van der Waals surface area contributed by atoms with Crippen molar-refractivity contribution >= 4 is 29.5 Å². The predicted octanol–water partition coefficient (Wildman–Crippen LogP) is 7.53. The molecule has 3 N–H and O–H groups in total. The Labute approximate surface area is 424 Å². The number of fused-ring (bicyclic) bond motifs is 4. The first-order valence-corrected chi connectivity index (χ1v) is 24.5. The number of ether oxygens (including phenoxy) is 4. The summed E-state index contributed by atoms with van der Waals surface area (Å²) in [6, 6.07) is 39.9. The molecule has 6 aromatic rings. The minimum atomic E-state index is -2.03. The Balaban J connectivity index is 1.25. The van der Waals surface area contributed by atoms with Gasteiger partial charge in [0.1, 0.15) is 29.9 Å². The van der Waals surface area contributed by atoms with Crippen LogP contribution in [0.25, 0.3) is 0 Å². The number of imide groups is 1. The first-order chi connectivity index (χ1) is 35.6. The van der Waals surface area contributed by atoms with Gasteiger partial charge in [-0.05, 0) is 94.8 Å². The molecule has 0 aromatic heterocycles. The number of hydrogen-bond acceptors (Lipinski definition) is 11. The third-order valence-electron chi connectivity index (χ3n) is 14.6. The van der Waals surface area contributed by atoms with Crippen LogP contribution in [0.5, 0.6) is 17.2 Å². The molecule has 14 heteroatoms. The van der Waals surface area contributed by atoms with Crippen molar-refractivity contribution < 1.29 is 48.3 Å². The number of carbonyl (C=O) groups excluding carboxylic acids is 4. The molecule has 73 heavy (non-hydrogen) atoms. The highest BCUT2D eigenvalue weighted by molar-refractivity contribution is 6.24. The number of esters is 1. The number of aliphatic hydroxyl groups is 2. The molecule has 4 aliphatic heterocycles. The topological polar surface area (TPSA) is 167 Å². The van der Waals surface area contributed by atoms with Crippen LogP contribution in [0.1, 0.15) is 82.1 Å². The van der Waals surface area contributed by atoms with Crippen molar-refractivity contribution in [2.45, 2.75) is 62.0 Å². The summed E-state index contributed by atoms with van der Waals surface area (Å²) in [5.74, 6) is 4.24. The normalized spacial score (nSPS) is 22.3. The van der Waals surface area contributed by atoms with Gasteiger partial charge in [-0.1, -0.05) is 115 Å². The van der Waals surface area contributed by atoms with Crippen molar-refractivity contribution in [3.63, 3.8) is 0 Å². The molecule has 4 amide bonds. The van der Waals surface area contributed by atoms with Crippen molar-refractivity contribution in [1.82, 2.24) is 15.1 Å². The van der Waals surface area contributed by atoms with E-state index >= 15 is 19.2 Å². The molecule has 0 unspecified atom stereocenters. The lowest BCUT2D eigenvalue weighted by Crippen LogP contribution is -2.57. The zero-order valence-electron chi connectivity index (χ0n) is 40.8. The van der Waals surface area contributed by atoms with E-state index in [4.69, 9.17) is 18.9 Å². The number of rotatable bonds is 12. The number of methoxy groups -OCH3 is 2. The molecule has 372 valence electrons. The van der Waals surface area contributed by atoms with Crippen LogP contribution in [0, 0.1) is 17.8 Å². The van der Waals surface area contributed by atoms with Gasteiger partial charge in [-0.2, -0.15) is 0 Å². The number of aliphatic hydroxyl groups excluding tert-OH is 2. The zero-order chi connectivity index (χ0) is 50.8. The number of anilines is 1. The van der Waals surface area contributed by atoms with Crippen LogP contribution in [0.2, 0.25) is 0 Å². The van der Waals surface area contributed by atoms with E-state index in [1.807, 2.05) is 127 Å². The zero-order valence-corrected chi connectivity index (χ0v) is 40.8. The molecule has 4 aliphatic rings. The minimum Gasteiger partial charge on any atom is -0.493 e. The van der Waals surface area contributed by atoms with E-state index in [9.17, 15) is 10.2 Å². The van der Waals surface area contributed by atoms with E-state index in [1.54, 1.807) is 49.5 Å². The Bertz CT molecular complexity index is 3090. The maximum atomic E-state index is 16.9. The van der Waals surface area contributed by atoms with Crippen LogP contribution in [0.4, 0.5) is 10.5 Å². The Morgan fingerprint density at radius 1 is 0.781 bits per heavy atom. The van der Waals surface area contributed by atoms with Crippen LogP contribution >= 0.6 is 0 Å². The molecule has 0 radical (unpaired) electrons. The van der Waals surface area contributed by atoms with Gasteiger partial charge < -0.3 is 39.4 Å². The first kappa shape index (κ1) is 48.7. The van der Waals surface area contributed by atoms with Gasteiger partial charge in [0.15, 0.2) is 11.5 Å². The van der Waals surface area contributed by atoms with Gasteiger partial charge >= 0.3 is 12.0 Å². The van der Waals surface area contributed by atoms with Crippen molar-refractivity contribution in [2.24, 2.45) is 5.92 Å². The number of morpholine rings is 1.